The van der Waals surface area contributed by atoms with Gasteiger partial charge in [0.25, 0.3) is 0 Å². The van der Waals surface area contributed by atoms with Gasteiger partial charge in [0.1, 0.15) is 0 Å². The topological polar surface area (TPSA) is 0 Å². The standard InChI is InChI=1S/C45H42S.C2H6/c1-6-12-43-31(5)37-15-10-16-39(45(37)46-43)35-26-22-33(23-27-35)32-20-24-34(25-21-32)38-28-19-30(4)44-41(38)17-11-18-42(44)40-14-9-8-13-36(40)29(3)7-2;1-2/h6,8-26,28-29,35H,7,27H2,1-5H3;1-2H3/b12-6-;. The molecule has 2 atom stereocenters. The van der Waals surface area contributed by atoms with Gasteiger partial charge in [-0.15, -0.1) is 11.3 Å². The minimum Gasteiger partial charge on any atom is -0.135 e. The van der Waals surface area contributed by atoms with Crippen LogP contribution >= 0.6 is 11.3 Å². The summed E-state index contributed by atoms with van der Waals surface area (Å²) >= 11 is 1.93. The van der Waals surface area contributed by atoms with Crippen LogP contribution in [0.25, 0.3) is 54.8 Å². The molecule has 1 aromatic heterocycles. The molecule has 0 amide bonds. The summed E-state index contributed by atoms with van der Waals surface area (Å²) in [6.45, 7) is 15.2. The Bertz CT molecular complexity index is 2150. The summed E-state index contributed by atoms with van der Waals surface area (Å²) in [6, 6.07) is 36.4. The zero-order valence-electron chi connectivity index (χ0n) is 29.6. The van der Waals surface area contributed by atoms with Crippen molar-refractivity contribution in [3.05, 3.63) is 154 Å². The van der Waals surface area contributed by atoms with E-state index in [1.54, 1.807) is 0 Å². The van der Waals surface area contributed by atoms with Crippen molar-refractivity contribution in [3.8, 4) is 22.3 Å². The molecule has 0 radical (unpaired) electrons. The molecule has 0 saturated heterocycles. The molecule has 1 aliphatic rings. The van der Waals surface area contributed by atoms with E-state index in [1.807, 2.05) is 25.2 Å². The first-order valence-corrected chi connectivity index (χ1v) is 18.6. The van der Waals surface area contributed by atoms with Crippen molar-refractivity contribution in [2.45, 2.75) is 73.1 Å². The fourth-order valence-electron chi connectivity index (χ4n) is 7.24. The second-order valence-corrected chi connectivity index (χ2v) is 13.9. The lowest BCUT2D eigenvalue weighted by Crippen LogP contribution is -1.99. The van der Waals surface area contributed by atoms with Gasteiger partial charge in [-0.05, 0) is 117 Å². The van der Waals surface area contributed by atoms with Crippen LogP contribution in [0.3, 0.4) is 0 Å². The van der Waals surface area contributed by atoms with E-state index in [0.29, 0.717) is 11.8 Å². The van der Waals surface area contributed by atoms with Crippen LogP contribution < -0.4 is 0 Å². The zero-order valence-corrected chi connectivity index (χ0v) is 30.4. The molecular formula is C47H48S. The summed E-state index contributed by atoms with van der Waals surface area (Å²) in [6.07, 6.45) is 13.7. The van der Waals surface area contributed by atoms with Crippen molar-refractivity contribution < 1.29 is 0 Å². The Morgan fingerprint density at radius 2 is 1.48 bits per heavy atom. The highest BCUT2D eigenvalue weighted by Crippen LogP contribution is 2.42. The largest absolute Gasteiger partial charge is 0.135 e. The maximum atomic E-state index is 2.42. The van der Waals surface area contributed by atoms with E-state index >= 15 is 0 Å². The third-order valence-corrected chi connectivity index (χ3v) is 11.3. The van der Waals surface area contributed by atoms with Gasteiger partial charge >= 0.3 is 0 Å². The third-order valence-electron chi connectivity index (χ3n) is 10.0. The average Bonchev–Trinajstić information content (AvgIpc) is 3.47. The molecule has 0 aliphatic heterocycles. The second kappa shape index (κ2) is 14.8. The number of rotatable bonds is 7. The van der Waals surface area contributed by atoms with Crippen molar-refractivity contribution in [1.29, 1.82) is 0 Å². The maximum Gasteiger partial charge on any atom is 0.0390 e. The van der Waals surface area contributed by atoms with E-state index in [2.05, 4.69) is 162 Å². The zero-order chi connectivity index (χ0) is 33.8. The van der Waals surface area contributed by atoms with Gasteiger partial charge in [-0.1, -0.05) is 149 Å². The summed E-state index contributed by atoms with van der Waals surface area (Å²) in [4.78, 5) is 1.37. The van der Waals surface area contributed by atoms with E-state index in [-0.39, 0.29) is 0 Å². The van der Waals surface area contributed by atoms with Gasteiger partial charge in [0.2, 0.25) is 0 Å². The molecule has 7 rings (SSSR count). The second-order valence-electron chi connectivity index (χ2n) is 12.8. The molecule has 0 nitrogen and oxygen atoms in total. The van der Waals surface area contributed by atoms with Gasteiger partial charge in [0.15, 0.2) is 0 Å². The summed E-state index contributed by atoms with van der Waals surface area (Å²) < 4.78 is 1.43. The van der Waals surface area contributed by atoms with Crippen LogP contribution in [0.2, 0.25) is 0 Å². The molecular weight excluding hydrogens is 597 g/mol. The molecule has 1 heteroatoms. The van der Waals surface area contributed by atoms with Gasteiger partial charge < -0.3 is 0 Å². The minimum atomic E-state index is 0.404. The van der Waals surface area contributed by atoms with E-state index in [4.69, 9.17) is 0 Å². The van der Waals surface area contributed by atoms with Gasteiger partial charge in [0.05, 0.1) is 0 Å². The van der Waals surface area contributed by atoms with E-state index in [0.717, 1.165) is 12.8 Å². The Kier molecular flexibility index (Phi) is 10.3. The Morgan fingerprint density at radius 1 is 0.771 bits per heavy atom. The van der Waals surface area contributed by atoms with Crippen molar-refractivity contribution in [2.75, 3.05) is 0 Å². The van der Waals surface area contributed by atoms with Gasteiger partial charge in [-0.2, -0.15) is 0 Å². The maximum absolute atomic E-state index is 2.42. The van der Waals surface area contributed by atoms with Crippen LogP contribution in [0.4, 0.5) is 0 Å². The lowest BCUT2D eigenvalue weighted by molar-refractivity contribution is 0.735. The van der Waals surface area contributed by atoms with Crippen LogP contribution in [0.1, 0.15) is 92.0 Å². The molecule has 0 bridgehead atoms. The Hall–Kier alpha value is -4.46. The quantitative estimate of drug-likeness (QED) is 0.162. The van der Waals surface area contributed by atoms with Crippen molar-refractivity contribution >= 4 is 43.8 Å². The lowest BCUT2D eigenvalue weighted by atomic mass is 9.85. The van der Waals surface area contributed by atoms with Crippen LogP contribution in [0, 0.1) is 13.8 Å². The Labute approximate surface area is 292 Å². The monoisotopic (exact) mass is 644 g/mol. The molecule has 48 heavy (non-hydrogen) atoms. The van der Waals surface area contributed by atoms with Crippen molar-refractivity contribution in [1.82, 2.24) is 0 Å². The summed E-state index contributed by atoms with van der Waals surface area (Å²) in [7, 11) is 0. The van der Waals surface area contributed by atoms with E-state index < -0.39 is 0 Å². The first-order chi connectivity index (χ1) is 23.5. The van der Waals surface area contributed by atoms with Crippen LogP contribution in [0.5, 0.6) is 0 Å². The van der Waals surface area contributed by atoms with E-state index in [1.165, 1.54) is 81.4 Å². The molecule has 0 fully saturated rings. The Morgan fingerprint density at radius 3 is 2.21 bits per heavy atom. The number of benzene rings is 5. The average molecular weight is 645 g/mol. The molecule has 242 valence electrons. The van der Waals surface area contributed by atoms with Gasteiger partial charge in [0, 0.05) is 15.5 Å². The molecule has 0 N–H and O–H groups in total. The SMILES string of the molecule is C/C=C\c1sc2c(C3C=CC(c4ccc(-c5ccc(C)c6c(-c7ccccc7C(C)CC)cccc56)cc4)=CC3)cccc2c1C.CC. The number of allylic oxidation sites excluding steroid dienone is 5. The molecule has 1 aliphatic carbocycles. The molecule has 5 aromatic carbocycles. The fraction of sp³-hybridized carbons (Fsp3) is 0.234. The number of thiophene rings is 1. The number of fused-ring (bicyclic) bond motifs is 2. The number of aryl methyl sites for hydroxylation is 2. The summed E-state index contributed by atoms with van der Waals surface area (Å²) in [5.74, 6) is 0.923. The predicted octanol–water partition coefficient (Wildman–Crippen LogP) is 14.7. The lowest BCUT2D eigenvalue weighted by Gasteiger charge is -2.19. The number of hydrogen-bond acceptors (Lipinski definition) is 1. The normalized spacial score (nSPS) is 15.1. The van der Waals surface area contributed by atoms with Gasteiger partial charge in [-0.3, -0.25) is 0 Å². The molecule has 2 unspecified atom stereocenters. The van der Waals surface area contributed by atoms with Crippen molar-refractivity contribution in [2.24, 2.45) is 0 Å². The number of hydrogen-bond donors (Lipinski definition) is 0. The first kappa shape index (κ1) is 33.4. The third kappa shape index (κ3) is 6.25. The fourth-order valence-corrected chi connectivity index (χ4v) is 8.60. The highest BCUT2D eigenvalue weighted by atomic mass is 32.1. The van der Waals surface area contributed by atoms with E-state index in [9.17, 15) is 0 Å². The molecule has 1 heterocycles. The Balaban J connectivity index is 0.00000197. The van der Waals surface area contributed by atoms with Crippen LogP contribution in [0.15, 0.2) is 121 Å². The van der Waals surface area contributed by atoms with Crippen LogP contribution in [-0.4, -0.2) is 0 Å². The van der Waals surface area contributed by atoms with Gasteiger partial charge in [-0.25, -0.2) is 0 Å². The molecule has 6 aromatic rings. The van der Waals surface area contributed by atoms with Crippen molar-refractivity contribution in [3.63, 3.8) is 0 Å². The highest BCUT2D eigenvalue weighted by molar-refractivity contribution is 7.20. The van der Waals surface area contributed by atoms with Crippen LogP contribution in [-0.2, 0) is 0 Å². The summed E-state index contributed by atoms with van der Waals surface area (Å²) in [5.41, 5.74) is 13.4. The summed E-state index contributed by atoms with van der Waals surface area (Å²) in [5, 5.41) is 4.07. The predicted molar refractivity (Wildman–Crippen MR) is 215 cm³/mol. The molecule has 0 saturated carbocycles. The molecule has 0 spiro atoms. The first-order valence-electron chi connectivity index (χ1n) is 17.7. The smallest absolute Gasteiger partial charge is 0.0390 e. The highest BCUT2D eigenvalue weighted by Gasteiger charge is 2.19. The minimum absolute atomic E-state index is 0.404.